The standard InChI is InChI=1S/C20H26N3O2/c21-19(24)18-17-13-23(20(25)15-8-9-15)12-16(17)11-22(18)10-4-7-14-5-2-1-3-6-14/h1-3,5-7,15-18H,4,8-13H2,(H2,21,24)/t16?,17-,18?/m1/s1. The highest BCUT2D eigenvalue weighted by Crippen LogP contribution is 2.39. The molecule has 2 saturated heterocycles. The lowest BCUT2D eigenvalue weighted by molar-refractivity contribution is -0.132. The Kier molecular flexibility index (Phi) is 4.50. The van der Waals surface area contributed by atoms with Crippen LogP contribution in [0.3, 0.4) is 0 Å². The van der Waals surface area contributed by atoms with Gasteiger partial charge in [-0.2, -0.15) is 0 Å². The molecule has 3 fully saturated rings. The largest absolute Gasteiger partial charge is 0.368 e. The van der Waals surface area contributed by atoms with Gasteiger partial charge in [0.15, 0.2) is 0 Å². The monoisotopic (exact) mass is 340 g/mol. The van der Waals surface area contributed by atoms with Crippen molar-refractivity contribution >= 4 is 11.8 Å². The van der Waals surface area contributed by atoms with Crippen molar-refractivity contribution in [2.75, 3.05) is 26.2 Å². The van der Waals surface area contributed by atoms with E-state index in [1.165, 1.54) is 5.56 Å². The quantitative estimate of drug-likeness (QED) is 0.848. The van der Waals surface area contributed by atoms with Crippen LogP contribution in [-0.4, -0.2) is 53.8 Å². The van der Waals surface area contributed by atoms with Crippen LogP contribution in [0.2, 0.25) is 0 Å². The number of hydrogen-bond acceptors (Lipinski definition) is 3. The van der Waals surface area contributed by atoms with Crippen molar-refractivity contribution in [1.29, 1.82) is 0 Å². The van der Waals surface area contributed by atoms with E-state index < -0.39 is 0 Å². The summed E-state index contributed by atoms with van der Waals surface area (Å²) in [6.07, 6.45) is 5.17. The molecule has 133 valence electrons. The van der Waals surface area contributed by atoms with E-state index in [0.29, 0.717) is 18.4 Å². The molecule has 1 aliphatic carbocycles. The summed E-state index contributed by atoms with van der Waals surface area (Å²) < 4.78 is 0. The highest BCUT2D eigenvalue weighted by Gasteiger charge is 2.51. The highest BCUT2D eigenvalue weighted by atomic mass is 16.2. The van der Waals surface area contributed by atoms with Crippen LogP contribution >= 0.6 is 0 Å². The topological polar surface area (TPSA) is 66.6 Å². The fourth-order valence-corrected chi connectivity index (χ4v) is 4.51. The van der Waals surface area contributed by atoms with E-state index in [4.69, 9.17) is 5.73 Å². The van der Waals surface area contributed by atoms with Crippen LogP contribution in [0.1, 0.15) is 24.8 Å². The zero-order valence-electron chi connectivity index (χ0n) is 14.5. The van der Waals surface area contributed by atoms with Crippen molar-refractivity contribution in [2.45, 2.75) is 25.3 Å². The van der Waals surface area contributed by atoms with Crippen molar-refractivity contribution in [3.05, 3.63) is 42.3 Å². The van der Waals surface area contributed by atoms with E-state index in [1.807, 2.05) is 23.1 Å². The van der Waals surface area contributed by atoms with Gasteiger partial charge in [-0.3, -0.25) is 14.5 Å². The van der Waals surface area contributed by atoms with Gasteiger partial charge in [0.05, 0.1) is 6.04 Å². The Labute approximate surface area is 149 Å². The van der Waals surface area contributed by atoms with Gasteiger partial charge in [0.25, 0.3) is 0 Å². The van der Waals surface area contributed by atoms with Crippen LogP contribution in [0.15, 0.2) is 30.3 Å². The second kappa shape index (κ2) is 6.79. The fraction of sp³-hybridized carbons (Fsp3) is 0.550. The first-order valence-corrected chi connectivity index (χ1v) is 9.34. The van der Waals surface area contributed by atoms with Crippen LogP contribution in [0.5, 0.6) is 0 Å². The van der Waals surface area contributed by atoms with E-state index in [0.717, 1.165) is 38.9 Å². The molecule has 5 heteroatoms. The van der Waals surface area contributed by atoms with Crippen LogP contribution in [0, 0.1) is 24.2 Å². The minimum atomic E-state index is -0.243. The number of nitrogens with zero attached hydrogens (tertiary/aromatic N) is 2. The van der Waals surface area contributed by atoms with E-state index >= 15 is 0 Å². The van der Waals surface area contributed by atoms with Crippen molar-refractivity contribution in [2.24, 2.45) is 23.5 Å². The molecule has 3 aliphatic rings. The molecule has 25 heavy (non-hydrogen) atoms. The van der Waals surface area contributed by atoms with Crippen LogP contribution in [0.25, 0.3) is 0 Å². The molecule has 4 rings (SSSR count). The minimum Gasteiger partial charge on any atom is -0.368 e. The Bertz CT molecular complexity index is 644. The van der Waals surface area contributed by atoms with E-state index in [2.05, 4.69) is 23.5 Å². The van der Waals surface area contributed by atoms with Gasteiger partial charge < -0.3 is 10.6 Å². The SMILES string of the molecule is NC(=O)C1[C@@H]2CN(C(=O)C3CC3)CC2CN1CC[CH]c1ccccc1. The molecule has 0 bridgehead atoms. The zero-order chi connectivity index (χ0) is 17.4. The first-order chi connectivity index (χ1) is 12.1. The Morgan fingerprint density at radius 2 is 1.88 bits per heavy atom. The molecule has 2 unspecified atom stereocenters. The molecule has 3 atom stereocenters. The molecule has 0 spiro atoms. The van der Waals surface area contributed by atoms with Crippen LogP contribution in [0.4, 0.5) is 0 Å². The van der Waals surface area contributed by atoms with Gasteiger partial charge in [-0.05, 0) is 43.7 Å². The lowest BCUT2D eigenvalue weighted by atomic mass is 9.94. The molecule has 0 aromatic heterocycles. The summed E-state index contributed by atoms with van der Waals surface area (Å²) in [5, 5.41) is 0. The van der Waals surface area contributed by atoms with E-state index in [9.17, 15) is 9.59 Å². The maximum atomic E-state index is 12.3. The van der Waals surface area contributed by atoms with Gasteiger partial charge in [0, 0.05) is 31.5 Å². The molecule has 2 N–H and O–H groups in total. The number of amides is 2. The number of carbonyl (C=O) groups excluding carboxylic acids is 2. The summed E-state index contributed by atoms with van der Waals surface area (Å²) >= 11 is 0. The third-order valence-corrected chi connectivity index (χ3v) is 5.89. The summed E-state index contributed by atoms with van der Waals surface area (Å²) in [4.78, 5) is 28.6. The number of hydrogen-bond donors (Lipinski definition) is 1. The Balaban J connectivity index is 1.35. The molecule has 1 aromatic rings. The normalized spacial score (nSPS) is 29.0. The van der Waals surface area contributed by atoms with Gasteiger partial charge in [-0.15, -0.1) is 0 Å². The second-order valence-electron chi connectivity index (χ2n) is 7.69. The number of benzene rings is 1. The van der Waals surface area contributed by atoms with Crippen molar-refractivity contribution < 1.29 is 9.59 Å². The number of fused-ring (bicyclic) bond motifs is 1. The summed E-state index contributed by atoms with van der Waals surface area (Å²) in [5.41, 5.74) is 6.93. The molecule has 5 nitrogen and oxygen atoms in total. The molecule has 1 radical (unpaired) electrons. The summed E-state index contributed by atoms with van der Waals surface area (Å²) in [7, 11) is 0. The van der Waals surface area contributed by atoms with E-state index in [-0.39, 0.29) is 23.8 Å². The van der Waals surface area contributed by atoms with Gasteiger partial charge in [0.2, 0.25) is 11.8 Å². The number of nitrogens with two attached hydrogens (primary N) is 1. The maximum Gasteiger partial charge on any atom is 0.235 e. The molecule has 1 saturated carbocycles. The van der Waals surface area contributed by atoms with Gasteiger partial charge in [0.1, 0.15) is 0 Å². The molecule has 2 amide bonds. The summed E-state index contributed by atoms with van der Waals surface area (Å²) in [5.74, 6) is 0.894. The number of primary amides is 1. The maximum absolute atomic E-state index is 12.3. The third kappa shape index (κ3) is 3.43. The predicted molar refractivity (Wildman–Crippen MR) is 95.3 cm³/mol. The van der Waals surface area contributed by atoms with Gasteiger partial charge >= 0.3 is 0 Å². The fourth-order valence-electron chi connectivity index (χ4n) is 4.51. The Morgan fingerprint density at radius 1 is 1.12 bits per heavy atom. The Morgan fingerprint density at radius 3 is 2.56 bits per heavy atom. The van der Waals surface area contributed by atoms with E-state index in [1.54, 1.807) is 0 Å². The summed E-state index contributed by atoms with van der Waals surface area (Å²) in [6.45, 7) is 3.20. The lowest BCUT2D eigenvalue weighted by Crippen LogP contribution is -2.46. The van der Waals surface area contributed by atoms with Crippen LogP contribution in [-0.2, 0) is 9.59 Å². The highest BCUT2D eigenvalue weighted by molar-refractivity contribution is 5.83. The predicted octanol–water partition coefficient (Wildman–Crippen LogP) is 1.28. The average molecular weight is 340 g/mol. The van der Waals surface area contributed by atoms with Crippen molar-refractivity contribution in [3.8, 4) is 0 Å². The molecule has 2 aliphatic heterocycles. The number of rotatable bonds is 6. The smallest absolute Gasteiger partial charge is 0.235 e. The third-order valence-electron chi connectivity index (χ3n) is 5.89. The van der Waals surface area contributed by atoms with Crippen LogP contribution < -0.4 is 5.73 Å². The van der Waals surface area contributed by atoms with Crippen molar-refractivity contribution in [3.63, 3.8) is 0 Å². The lowest BCUT2D eigenvalue weighted by Gasteiger charge is -2.27. The molecule has 2 heterocycles. The molecular weight excluding hydrogens is 314 g/mol. The first kappa shape index (κ1) is 16.6. The molecule has 1 aromatic carbocycles. The summed E-state index contributed by atoms with van der Waals surface area (Å²) in [6, 6.07) is 10.0. The van der Waals surface area contributed by atoms with Gasteiger partial charge in [-0.25, -0.2) is 0 Å². The zero-order valence-corrected chi connectivity index (χ0v) is 14.5. The van der Waals surface area contributed by atoms with Crippen molar-refractivity contribution in [1.82, 2.24) is 9.80 Å². The minimum absolute atomic E-state index is 0.205. The number of likely N-dealkylation sites (tertiary alicyclic amines) is 2. The Hall–Kier alpha value is -1.88. The number of carbonyl (C=O) groups is 2. The molecular formula is C20H26N3O2. The second-order valence-corrected chi connectivity index (χ2v) is 7.69. The average Bonchev–Trinajstić information content (AvgIpc) is 3.28. The first-order valence-electron chi connectivity index (χ1n) is 9.34. The van der Waals surface area contributed by atoms with Gasteiger partial charge in [-0.1, -0.05) is 30.3 Å².